The van der Waals surface area contributed by atoms with Gasteiger partial charge in [0.25, 0.3) is 0 Å². The second kappa shape index (κ2) is 8.59. The molecule has 3 aliphatic rings. The Bertz CT molecular complexity index is 1190. The van der Waals surface area contributed by atoms with Crippen molar-refractivity contribution in [1.29, 1.82) is 0 Å². The zero-order valence-corrected chi connectivity index (χ0v) is 20.8. The molecule has 2 saturated carbocycles. The molecule has 7 heteroatoms. The van der Waals surface area contributed by atoms with Crippen LogP contribution in [0.1, 0.15) is 63.0 Å². The fourth-order valence-corrected chi connectivity index (χ4v) is 7.86. The fourth-order valence-electron chi connectivity index (χ4n) is 6.90. The summed E-state index contributed by atoms with van der Waals surface area (Å²) in [5, 5.41) is 0. The van der Waals surface area contributed by atoms with Crippen LogP contribution in [-0.2, 0) is 26.1 Å². The second-order valence-electron chi connectivity index (χ2n) is 10.2. The summed E-state index contributed by atoms with van der Waals surface area (Å²) in [7, 11) is -2.41. The smallest absolute Gasteiger partial charge is 0.339 e. The van der Waals surface area contributed by atoms with Crippen molar-refractivity contribution < 1.29 is 26.9 Å². The van der Waals surface area contributed by atoms with Crippen molar-refractivity contribution >= 4 is 16.1 Å². The predicted molar refractivity (Wildman–Crippen MR) is 127 cm³/mol. The average Bonchev–Trinajstić information content (AvgIpc) is 3.14. The molecule has 182 valence electrons. The Hall–Kier alpha value is -2.54. The van der Waals surface area contributed by atoms with E-state index < -0.39 is 10.1 Å². The van der Waals surface area contributed by atoms with Gasteiger partial charge in [0.1, 0.15) is 11.0 Å². The second-order valence-corrected chi connectivity index (χ2v) is 11.7. The highest BCUT2D eigenvalue weighted by Crippen LogP contribution is 2.62. The first-order chi connectivity index (χ1) is 16.2. The number of carbonyl (C=O) groups excluding carboxylic acids is 1. The number of hydrogen-bond donors (Lipinski definition) is 0. The van der Waals surface area contributed by atoms with Gasteiger partial charge in [-0.3, -0.25) is 4.79 Å². The topological polar surface area (TPSA) is 78.9 Å². The third-order valence-electron chi connectivity index (χ3n) is 8.46. The van der Waals surface area contributed by atoms with E-state index in [2.05, 4.69) is 6.92 Å². The Balaban J connectivity index is 1.44. The van der Waals surface area contributed by atoms with Gasteiger partial charge in [0, 0.05) is 12.3 Å². The quantitative estimate of drug-likeness (QED) is 0.426. The van der Waals surface area contributed by atoms with Crippen LogP contribution in [0.15, 0.2) is 47.4 Å². The highest BCUT2D eigenvalue weighted by Gasteiger charge is 2.56. The lowest BCUT2D eigenvalue weighted by molar-refractivity contribution is -0.154. The van der Waals surface area contributed by atoms with E-state index in [1.54, 1.807) is 25.3 Å². The molecule has 0 amide bonds. The normalized spacial score (nSPS) is 30.0. The first kappa shape index (κ1) is 23.2. The zero-order valence-electron chi connectivity index (χ0n) is 20.0. The monoisotopic (exact) mass is 484 g/mol. The number of fused-ring (bicyclic) bond motifs is 5. The number of carbonyl (C=O) groups is 1. The number of methoxy groups -OCH3 is 1. The molecule has 5 atom stereocenters. The lowest BCUT2D eigenvalue weighted by atomic mass is 9.55. The molecule has 0 radical (unpaired) electrons. The van der Waals surface area contributed by atoms with Crippen LogP contribution in [0.2, 0.25) is 0 Å². The van der Waals surface area contributed by atoms with Gasteiger partial charge in [-0.2, -0.15) is 8.42 Å². The maximum absolute atomic E-state index is 12.8. The van der Waals surface area contributed by atoms with Crippen LogP contribution in [0.3, 0.4) is 0 Å². The van der Waals surface area contributed by atoms with Crippen LogP contribution in [0, 0.1) is 17.3 Å². The minimum atomic E-state index is -3.95. The largest absolute Gasteiger partial charge is 0.493 e. The molecular weight excluding hydrogens is 452 g/mol. The van der Waals surface area contributed by atoms with Crippen LogP contribution < -0.4 is 8.92 Å². The van der Waals surface area contributed by atoms with Gasteiger partial charge in [-0.1, -0.05) is 25.1 Å². The molecule has 0 N–H and O–H groups in total. The number of benzene rings is 2. The molecule has 6 nitrogen and oxygen atoms in total. The van der Waals surface area contributed by atoms with Crippen molar-refractivity contribution in [2.24, 2.45) is 17.3 Å². The van der Waals surface area contributed by atoms with E-state index in [0.29, 0.717) is 23.5 Å². The highest BCUT2D eigenvalue weighted by atomic mass is 32.2. The van der Waals surface area contributed by atoms with Gasteiger partial charge in [0.15, 0.2) is 11.5 Å². The van der Waals surface area contributed by atoms with E-state index >= 15 is 0 Å². The van der Waals surface area contributed by atoms with Crippen LogP contribution >= 0.6 is 0 Å². The van der Waals surface area contributed by atoms with Crippen molar-refractivity contribution in [3.05, 3.63) is 53.6 Å². The minimum Gasteiger partial charge on any atom is -0.493 e. The molecule has 2 fully saturated rings. The van der Waals surface area contributed by atoms with Crippen molar-refractivity contribution in [2.45, 2.75) is 69.3 Å². The van der Waals surface area contributed by atoms with Gasteiger partial charge >= 0.3 is 16.1 Å². The third kappa shape index (κ3) is 3.88. The van der Waals surface area contributed by atoms with Crippen molar-refractivity contribution in [1.82, 2.24) is 0 Å². The average molecular weight is 485 g/mol. The lowest BCUT2D eigenvalue weighted by Gasteiger charge is -2.50. The number of rotatable bonds is 5. The van der Waals surface area contributed by atoms with Gasteiger partial charge in [-0.15, -0.1) is 0 Å². The van der Waals surface area contributed by atoms with E-state index in [4.69, 9.17) is 13.7 Å². The molecule has 0 aliphatic heterocycles. The standard InChI is InChI=1S/C27H32O6S/c1-17(28)32-26-12-11-23-21-10-9-18-15-25(33-34(29,30)19-7-5-4-6-8-19)24(31-3)16-22(18)20(21)13-14-27(23,26)2/h4-8,15-16,20-21,23,26H,9-14H2,1-3H3. The molecule has 34 heavy (non-hydrogen) atoms. The molecule has 5 rings (SSSR count). The molecule has 0 heterocycles. The predicted octanol–water partition coefficient (Wildman–Crippen LogP) is 5.25. The SMILES string of the molecule is COc1cc2c(cc1OS(=O)(=O)c1ccccc1)CCC1C2CCC2(C)C(OC(C)=O)CCC12. The highest BCUT2D eigenvalue weighted by molar-refractivity contribution is 7.87. The van der Waals surface area contributed by atoms with Crippen LogP contribution in [0.4, 0.5) is 0 Å². The van der Waals surface area contributed by atoms with Gasteiger partial charge in [-0.05, 0) is 91.7 Å². The summed E-state index contributed by atoms with van der Waals surface area (Å²) in [5.41, 5.74) is 2.41. The molecule has 2 aromatic carbocycles. The Morgan fingerprint density at radius 1 is 1.03 bits per heavy atom. The van der Waals surface area contributed by atoms with Crippen LogP contribution in [0.5, 0.6) is 11.5 Å². The molecule has 0 saturated heterocycles. The molecule has 2 aromatic rings. The minimum absolute atomic E-state index is 0.00542. The Morgan fingerprint density at radius 2 is 1.79 bits per heavy atom. The summed E-state index contributed by atoms with van der Waals surface area (Å²) in [6, 6.07) is 12.0. The molecular formula is C27H32O6S. The number of hydrogen-bond acceptors (Lipinski definition) is 6. The molecule has 0 aromatic heterocycles. The first-order valence-corrected chi connectivity index (χ1v) is 13.5. The molecule has 0 bridgehead atoms. The number of esters is 1. The maximum atomic E-state index is 12.8. The van der Waals surface area contributed by atoms with E-state index in [-0.39, 0.29) is 28.1 Å². The van der Waals surface area contributed by atoms with Crippen molar-refractivity contribution in [3.8, 4) is 11.5 Å². The fraction of sp³-hybridized carbons (Fsp3) is 0.519. The van der Waals surface area contributed by atoms with Crippen molar-refractivity contribution in [3.63, 3.8) is 0 Å². The maximum Gasteiger partial charge on any atom is 0.339 e. The van der Waals surface area contributed by atoms with Crippen LogP contribution in [-0.4, -0.2) is 27.6 Å². The summed E-state index contributed by atoms with van der Waals surface area (Å²) in [5.74, 6) is 1.93. The number of ether oxygens (including phenoxy) is 2. The van der Waals surface area contributed by atoms with E-state index in [9.17, 15) is 13.2 Å². The lowest BCUT2D eigenvalue weighted by Crippen LogP contribution is -2.45. The number of aryl methyl sites for hydroxylation is 1. The van der Waals surface area contributed by atoms with Gasteiger partial charge in [0.2, 0.25) is 0 Å². The molecule has 0 spiro atoms. The summed E-state index contributed by atoms with van der Waals surface area (Å²) in [6.45, 7) is 3.80. The first-order valence-electron chi connectivity index (χ1n) is 12.1. The van der Waals surface area contributed by atoms with Crippen LogP contribution in [0.25, 0.3) is 0 Å². The molecule has 5 unspecified atom stereocenters. The summed E-state index contributed by atoms with van der Waals surface area (Å²) >= 11 is 0. The third-order valence-corrected chi connectivity index (χ3v) is 9.71. The summed E-state index contributed by atoms with van der Waals surface area (Å²) in [4.78, 5) is 11.8. The van der Waals surface area contributed by atoms with Gasteiger partial charge in [-0.25, -0.2) is 0 Å². The van der Waals surface area contributed by atoms with E-state index in [0.717, 1.165) is 44.1 Å². The Labute approximate surface area is 201 Å². The summed E-state index contributed by atoms with van der Waals surface area (Å²) < 4.78 is 42.5. The zero-order chi connectivity index (χ0) is 24.1. The van der Waals surface area contributed by atoms with Crippen molar-refractivity contribution in [2.75, 3.05) is 7.11 Å². The summed E-state index contributed by atoms with van der Waals surface area (Å²) in [6.07, 6.45) is 5.97. The van der Waals surface area contributed by atoms with Gasteiger partial charge < -0.3 is 13.7 Å². The Morgan fingerprint density at radius 3 is 2.50 bits per heavy atom. The van der Waals surface area contributed by atoms with Gasteiger partial charge in [0.05, 0.1) is 7.11 Å². The van der Waals surface area contributed by atoms with E-state index in [1.807, 2.05) is 12.1 Å². The Kier molecular flexibility index (Phi) is 5.87. The molecule has 3 aliphatic carbocycles. The van der Waals surface area contributed by atoms with E-state index in [1.165, 1.54) is 24.6 Å².